The lowest BCUT2D eigenvalue weighted by Gasteiger charge is -2.09. The molecule has 9 aromatic rings. The third kappa shape index (κ3) is 4.19. The zero-order valence-corrected chi connectivity index (χ0v) is 24.9. The molecule has 9 rings (SSSR count). The minimum Gasteiger partial charge on any atom is -0.235 e. The van der Waals surface area contributed by atoms with Gasteiger partial charge in [0.25, 0.3) is 0 Å². The fourth-order valence-corrected chi connectivity index (χ4v) is 8.11. The van der Waals surface area contributed by atoms with E-state index in [0.29, 0.717) is 17.5 Å². The van der Waals surface area contributed by atoms with Crippen LogP contribution < -0.4 is 0 Å². The van der Waals surface area contributed by atoms with Crippen molar-refractivity contribution in [2.75, 3.05) is 0 Å². The predicted octanol–water partition coefficient (Wildman–Crippen LogP) is 10.7. The first kappa shape index (κ1) is 25.2. The molecule has 4 nitrogen and oxygen atoms in total. The summed E-state index contributed by atoms with van der Waals surface area (Å²) in [6.07, 6.45) is 0. The average Bonchev–Trinajstić information content (AvgIpc) is 3.71. The van der Waals surface area contributed by atoms with E-state index in [4.69, 9.17) is 19.9 Å². The Morgan fingerprint density at radius 2 is 1.05 bits per heavy atom. The summed E-state index contributed by atoms with van der Waals surface area (Å²) in [6.45, 7) is 0. The molecule has 3 heterocycles. The minimum atomic E-state index is 0.641. The number of thiazole rings is 1. The van der Waals surface area contributed by atoms with Gasteiger partial charge in [0.05, 0.1) is 10.2 Å². The number of thiophene rings is 1. The van der Waals surface area contributed by atoms with Crippen molar-refractivity contribution in [2.24, 2.45) is 0 Å². The SMILES string of the molecule is c1ccc(-c2nc(-c3ccccc3)nc(-c3ccc4ccc5sc(-c6cccc7c6sc6ccccc67)nc5c4c3)n2)cc1. The van der Waals surface area contributed by atoms with Gasteiger partial charge in [0, 0.05) is 47.8 Å². The maximum atomic E-state index is 5.27. The Morgan fingerprint density at radius 3 is 1.80 bits per heavy atom. The van der Waals surface area contributed by atoms with Gasteiger partial charge in [0.15, 0.2) is 17.5 Å². The first-order valence-corrected chi connectivity index (χ1v) is 16.0. The lowest BCUT2D eigenvalue weighted by Crippen LogP contribution is -2.00. The molecule has 0 N–H and O–H groups in total. The van der Waals surface area contributed by atoms with Crippen LogP contribution in [-0.2, 0) is 0 Å². The summed E-state index contributed by atoms with van der Waals surface area (Å²) in [6, 6.07) is 46.1. The Labute approximate surface area is 261 Å². The summed E-state index contributed by atoms with van der Waals surface area (Å²) in [5, 5.41) is 5.85. The topological polar surface area (TPSA) is 51.6 Å². The molecule has 206 valence electrons. The van der Waals surface area contributed by atoms with Gasteiger partial charge in [-0.05, 0) is 23.6 Å². The van der Waals surface area contributed by atoms with E-state index in [1.165, 1.54) is 25.7 Å². The Bertz CT molecular complexity index is 2440. The summed E-state index contributed by atoms with van der Waals surface area (Å²) in [5.74, 6) is 1.95. The molecule has 6 aromatic carbocycles. The van der Waals surface area contributed by atoms with Crippen molar-refractivity contribution in [3.8, 4) is 44.7 Å². The molecule has 0 amide bonds. The Balaban J connectivity index is 1.22. The predicted molar refractivity (Wildman–Crippen MR) is 185 cm³/mol. The molecule has 0 saturated heterocycles. The van der Waals surface area contributed by atoms with E-state index in [-0.39, 0.29) is 0 Å². The van der Waals surface area contributed by atoms with E-state index in [1.54, 1.807) is 11.3 Å². The number of rotatable bonds is 4. The fraction of sp³-hybridized carbons (Fsp3) is 0. The highest BCUT2D eigenvalue weighted by atomic mass is 32.1. The molecule has 0 unspecified atom stereocenters. The van der Waals surface area contributed by atoms with Gasteiger partial charge in [0.2, 0.25) is 0 Å². The van der Waals surface area contributed by atoms with Crippen LogP contribution in [0.5, 0.6) is 0 Å². The first-order valence-electron chi connectivity index (χ1n) is 14.4. The van der Waals surface area contributed by atoms with E-state index in [1.807, 2.05) is 72.0 Å². The van der Waals surface area contributed by atoms with Gasteiger partial charge < -0.3 is 0 Å². The van der Waals surface area contributed by atoms with Gasteiger partial charge in [-0.1, -0.05) is 115 Å². The second kappa shape index (κ2) is 10.2. The number of benzene rings is 6. The molecule has 0 aliphatic heterocycles. The maximum absolute atomic E-state index is 5.27. The summed E-state index contributed by atoms with van der Waals surface area (Å²) >= 11 is 3.58. The summed E-state index contributed by atoms with van der Waals surface area (Å²) in [5.41, 5.74) is 5.03. The zero-order valence-electron chi connectivity index (χ0n) is 23.3. The highest BCUT2D eigenvalue weighted by Crippen LogP contribution is 2.43. The van der Waals surface area contributed by atoms with E-state index in [0.717, 1.165) is 42.7 Å². The highest BCUT2D eigenvalue weighted by Gasteiger charge is 2.17. The Hall–Kier alpha value is -5.30. The van der Waals surface area contributed by atoms with Crippen molar-refractivity contribution in [3.05, 3.63) is 133 Å². The first-order chi connectivity index (χ1) is 21.8. The fourth-order valence-electron chi connectivity index (χ4n) is 5.82. The van der Waals surface area contributed by atoms with Crippen molar-refractivity contribution < 1.29 is 0 Å². The molecule has 0 atom stereocenters. The van der Waals surface area contributed by atoms with Crippen LogP contribution in [-0.4, -0.2) is 19.9 Å². The standard InChI is InChI=1S/C38H22N4S2/c1-3-10-24(11-4-1)35-40-36(25-12-5-2-6-13-25)42-37(41-35)26-19-18-23-20-21-32-33(30(23)22-26)39-38(44-32)29-16-9-15-28-27-14-7-8-17-31(27)43-34(28)29/h1-22H. The number of nitrogens with zero attached hydrogens (tertiary/aromatic N) is 4. The van der Waals surface area contributed by atoms with Crippen LogP contribution in [0.3, 0.4) is 0 Å². The zero-order chi connectivity index (χ0) is 29.0. The second-order valence-corrected chi connectivity index (χ2v) is 12.8. The van der Waals surface area contributed by atoms with Crippen LogP contribution in [0.1, 0.15) is 0 Å². The smallest absolute Gasteiger partial charge is 0.164 e. The molecule has 44 heavy (non-hydrogen) atoms. The van der Waals surface area contributed by atoms with Crippen LogP contribution in [0.2, 0.25) is 0 Å². The van der Waals surface area contributed by atoms with E-state index in [2.05, 4.69) is 72.8 Å². The molecule has 0 fully saturated rings. The number of fused-ring (bicyclic) bond motifs is 6. The summed E-state index contributed by atoms with van der Waals surface area (Å²) < 4.78 is 3.74. The van der Waals surface area contributed by atoms with E-state index < -0.39 is 0 Å². The quantitative estimate of drug-likeness (QED) is 0.202. The van der Waals surface area contributed by atoms with Gasteiger partial charge in [-0.25, -0.2) is 19.9 Å². The van der Waals surface area contributed by atoms with Crippen molar-refractivity contribution in [3.63, 3.8) is 0 Å². The highest BCUT2D eigenvalue weighted by molar-refractivity contribution is 7.27. The molecule has 0 saturated carbocycles. The lowest BCUT2D eigenvalue weighted by atomic mass is 10.1. The number of hydrogen-bond acceptors (Lipinski definition) is 6. The summed E-state index contributed by atoms with van der Waals surface area (Å²) in [4.78, 5) is 20.0. The third-order valence-corrected chi connectivity index (χ3v) is 10.2. The van der Waals surface area contributed by atoms with Crippen molar-refractivity contribution in [1.29, 1.82) is 0 Å². The molecular formula is C38H22N4S2. The molecule has 0 aliphatic carbocycles. The van der Waals surface area contributed by atoms with Crippen molar-refractivity contribution >= 4 is 63.8 Å². The maximum Gasteiger partial charge on any atom is 0.164 e. The molecule has 0 bridgehead atoms. The van der Waals surface area contributed by atoms with Crippen LogP contribution >= 0.6 is 22.7 Å². The van der Waals surface area contributed by atoms with Crippen molar-refractivity contribution in [1.82, 2.24) is 19.9 Å². The second-order valence-electron chi connectivity index (χ2n) is 10.7. The van der Waals surface area contributed by atoms with Gasteiger partial charge >= 0.3 is 0 Å². The van der Waals surface area contributed by atoms with E-state index in [9.17, 15) is 0 Å². The lowest BCUT2D eigenvalue weighted by molar-refractivity contribution is 1.07. The van der Waals surface area contributed by atoms with Crippen LogP contribution in [0.15, 0.2) is 133 Å². The van der Waals surface area contributed by atoms with Crippen LogP contribution in [0.25, 0.3) is 85.9 Å². The Kier molecular flexibility index (Phi) is 5.82. The molecule has 0 spiro atoms. The molecule has 0 aliphatic rings. The normalized spacial score (nSPS) is 11.6. The molecule has 3 aromatic heterocycles. The monoisotopic (exact) mass is 598 g/mol. The summed E-state index contributed by atoms with van der Waals surface area (Å²) in [7, 11) is 0. The molecule has 6 heteroatoms. The van der Waals surface area contributed by atoms with Crippen LogP contribution in [0.4, 0.5) is 0 Å². The Morgan fingerprint density at radius 1 is 0.409 bits per heavy atom. The van der Waals surface area contributed by atoms with Gasteiger partial charge in [-0.3, -0.25) is 0 Å². The van der Waals surface area contributed by atoms with Crippen molar-refractivity contribution in [2.45, 2.75) is 0 Å². The van der Waals surface area contributed by atoms with Gasteiger partial charge in [0.1, 0.15) is 5.01 Å². The number of aromatic nitrogens is 4. The minimum absolute atomic E-state index is 0.641. The third-order valence-electron chi connectivity index (χ3n) is 7.97. The van der Waals surface area contributed by atoms with Crippen LogP contribution in [0, 0.1) is 0 Å². The molecule has 0 radical (unpaired) electrons. The largest absolute Gasteiger partial charge is 0.235 e. The number of hydrogen-bond donors (Lipinski definition) is 0. The molecular weight excluding hydrogens is 577 g/mol. The van der Waals surface area contributed by atoms with E-state index >= 15 is 0 Å². The van der Waals surface area contributed by atoms with Gasteiger partial charge in [-0.2, -0.15) is 0 Å². The average molecular weight is 599 g/mol. The van der Waals surface area contributed by atoms with Gasteiger partial charge in [-0.15, -0.1) is 22.7 Å².